The van der Waals surface area contributed by atoms with E-state index in [2.05, 4.69) is 64.8 Å². The van der Waals surface area contributed by atoms with Crippen molar-refractivity contribution in [3.05, 3.63) is 39.9 Å². The van der Waals surface area contributed by atoms with E-state index in [1.54, 1.807) is 4.68 Å². The molecule has 0 aromatic carbocycles. The molecule has 2 aromatic rings. The highest BCUT2D eigenvalue weighted by Crippen LogP contribution is 2.09. The lowest BCUT2D eigenvalue weighted by Crippen LogP contribution is -2.35. The molecule has 5 heteroatoms. The van der Waals surface area contributed by atoms with Crippen molar-refractivity contribution < 1.29 is 0 Å². The molecule has 0 radical (unpaired) electrons. The fourth-order valence-electron chi connectivity index (χ4n) is 1.45. The van der Waals surface area contributed by atoms with Crippen molar-refractivity contribution >= 4 is 22.6 Å². The first-order chi connectivity index (χ1) is 8.44. The molecule has 0 aliphatic carbocycles. The van der Waals surface area contributed by atoms with Crippen molar-refractivity contribution in [2.45, 2.75) is 32.9 Å². The van der Waals surface area contributed by atoms with Crippen LogP contribution < -0.4 is 5.32 Å². The van der Waals surface area contributed by atoms with Crippen molar-refractivity contribution in [3.8, 4) is 5.82 Å². The number of hydrogen-bond acceptors (Lipinski definition) is 3. The molecular formula is C13H17IN4. The topological polar surface area (TPSA) is 42.7 Å². The van der Waals surface area contributed by atoms with Crippen molar-refractivity contribution in [3.63, 3.8) is 0 Å². The SMILES string of the molecule is CC(C)(C)NCc1ccc(-n2cc(I)cn2)nc1. The normalized spacial score (nSPS) is 11.8. The van der Waals surface area contributed by atoms with Crippen LogP contribution in [-0.4, -0.2) is 20.3 Å². The second-order valence-corrected chi connectivity index (χ2v) is 6.48. The van der Waals surface area contributed by atoms with Crippen LogP contribution in [0.2, 0.25) is 0 Å². The molecule has 0 fully saturated rings. The second kappa shape index (κ2) is 5.36. The van der Waals surface area contributed by atoms with E-state index in [0.29, 0.717) is 0 Å². The van der Waals surface area contributed by atoms with Crippen LogP contribution in [0.15, 0.2) is 30.7 Å². The molecule has 2 aromatic heterocycles. The molecule has 2 heterocycles. The molecule has 0 aliphatic rings. The molecule has 0 aliphatic heterocycles. The maximum atomic E-state index is 4.42. The number of nitrogens with one attached hydrogen (secondary N) is 1. The van der Waals surface area contributed by atoms with Gasteiger partial charge in [-0.05, 0) is 55.0 Å². The number of aromatic nitrogens is 3. The van der Waals surface area contributed by atoms with E-state index < -0.39 is 0 Å². The largest absolute Gasteiger partial charge is 0.308 e. The van der Waals surface area contributed by atoms with Crippen LogP contribution in [0.1, 0.15) is 26.3 Å². The van der Waals surface area contributed by atoms with Gasteiger partial charge in [0.1, 0.15) is 0 Å². The van der Waals surface area contributed by atoms with Gasteiger partial charge >= 0.3 is 0 Å². The minimum Gasteiger partial charge on any atom is -0.308 e. The van der Waals surface area contributed by atoms with Gasteiger partial charge < -0.3 is 5.32 Å². The van der Waals surface area contributed by atoms with Crippen molar-refractivity contribution in [1.82, 2.24) is 20.1 Å². The van der Waals surface area contributed by atoms with Crippen molar-refractivity contribution in [1.29, 1.82) is 0 Å². The Balaban J connectivity index is 2.06. The molecule has 0 saturated carbocycles. The Labute approximate surface area is 121 Å². The number of rotatable bonds is 3. The van der Waals surface area contributed by atoms with Crippen molar-refractivity contribution in [2.75, 3.05) is 0 Å². The molecule has 0 saturated heterocycles. The molecule has 1 N–H and O–H groups in total. The molecule has 0 bridgehead atoms. The number of pyridine rings is 1. The van der Waals surface area contributed by atoms with Gasteiger partial charge in [0.25, 0.3) is 0 Å². The van der Waals surface area contributed by atoms with Crippen LogP contribution in [-0.2, 0) is 6.54 Å². The van der Waals surface area contributed by atoms with Crippen LogP contribution >= 0.6 is 22.6 Å². The van der Waals surface area contributed by atoms with Gasteiger partial charge in [-0.2, -0.15) is 5.10 Å². The van der Waals surface area contributed by atoms with Gasteiger partial charge in [-0.15, -0.1) is 0 Å². The molecule has 4 nitrogen and oxygen atoms in total. The Hall–Kier alpha value is -0.950. The van der Waals surface area contributed by atoms with E-state index in [-0.39, 0.29) is 5.54 Å². The average Bonchev–Trinajstić information content (AvgIpc) is 2.73. The highest BCUT2D eigenvalue weighted by molar-refractivity contribution is 14.1. The molecule has 0 amide bonds. The zero-order valence-corrected chi connectivity index (χ0v) is 13.0. The van der Waals surface area contributed by atoms with Crippen molar-refractivity contribution in [2.24, 2.45) is 0 Å². The molecular weight excluding hydrogens is 339 g/mol. The monoisotopic (exact) mass is 356 g/mol. The summed E-state index contributed by atoms with van der Waals surface area (Å²) in [5.41, 5.74) is 1.30. The van der Waals surface area contributed by atoms with E-state index in [1.165, 1.54) is 5.56 Å². The molecule has 0 unspecified atom stereocenters. The Bertz CT molecular complexity index is 511. The quantitative estimate of drug-likeness (QED) is 0.860. The lowest BCUT2D eigenvalue weighted by molar-refractivity contribution is 0.424. The maximum absolute atomic E-state index is 4.42. The van der Waals surface area contributed by atoms with E-state index in [0.717, 1.165) is 15.9 Å². The van der Waals surface area contributed by atoms with E-state index in [4.69, 9.17) is 0 Å². The highest BCUT2D eigenvalue weighted by atomic mass is 127. The van der Waals surface area contributed by atoms with Crippen LogP contribution in [0.25, 0.3) is 5.82 Å². The Morgan fingerprint density at radius 2 is 2.06 bits per heavy atom. The lowest BCUT2D eigenvalue weighted by atomic mass is 10.1. The molecule has 18 heavy (non-hydrogen) atoms. The molecule has 96 valence electrons. The zero-order chi connectivity index (χ0) is 13.2. The van der Waals surface area contributed by atoms with Gasteiger partial charge in [0.05, 0.1) is 9.77 Å². The third kappa shape index (κ3) is 3.78. The molecule has 0 atom stereocenters. The Morgan fingerprint density at radius 1 is 1.28 bits per heavy atom. The highest BCUT2D eigenvalue weighted by Gasteiger charge is 2.08. The predicted molar refractivity (Wildman–Crippen MR) is 80.7 cm³/mol. The fraction of sp³-hybridized carbons (Fsp3) is 0.385. The van der Waals surface area contributed by atoms with Gasteiger partial charge in [0, 0.05) is 24.5 Å². The number of nitrogens with zero attached hydrogens (tertiary/aromatic N) is 3. The van der Waals surface area contributed by atoms with Gasteiger partial charge in [0.15, 0.2) is 5.82 Å². The summed E-state index contributed by atoms with van der Waals surface area (Å²) in [6.45, 7) is 7.29. The summed E-state index contributed by atoms with van der Waals surface area (Å²) in [4.78, 5) is 4.42. The summed E-state index contributed by atoms with van der Waals surface area (Å²) in [6, 6.07) is 4.07. The van der Waals surface area contributed by atoms with E-state index in [9.17, 15) is 0 Å². The van der Waals surface area contributed by atoms with Crippen LogP contribution in [0.3, 0.4) is 0 Å². The summed E-state index contributed by atoms with van der Waals surface area (Å²) < 4.78 is 2.89. The third-order valence-electron chi connectivity index (χ3n) is 2.42. The molecule has 2 rings (SSSR count). The minimum absolute atomic E-state index is 0.122. The van der Waals surface area contributed by atoms with Gasteiger partial charge in [0.2, 0.25) is 0 Å². The standard InChI is InChI=1S/C13H17IN4/c1-13(2,3)16-7-10-4-5-12(15-6-10)18-9-11(14)8-17-18/h4-6,8-9,16H,7H2,1-3H3. The summed E-state index contributed by atoms with van der Waals surface area (Å²) in [5.74, 6) is 0.845. The fourth-order valence-corrected chi connectivity index (χ4v) is 1.84. The number of hydrogen-bond donors (Lipinski definition) is 1. The first kappa shape index (κ1) is 13.5. The Morgan fingerprint density at radius 3 is 2.56 bits per heavy atom. The lowest BCUT2D eigenvalue weighted by Gasteiger charge is -2.20. The third-order valence-corrected chi connectivity index (χ3v) is 2.97. The van der Waals surface area contributed by atoms with Crippen LogP contribution in [0, 0.1) is 3.57 Å². The first-order valence-corrected chi connectivity index (χ1v) is 6.92. The van der Waals surface area contributed by atoms with Gasteiger partial charge in [-0.25, -0.2) is 9.67 Å². The van der Waals surface area contributed by atoms with Crippen LogP contribution in [0.5, 0.6) is 0 Å². The zero-order valence-electron chi connectivity index (χ0n) is 10.8. The average molecular weight is 356 g/mol. The minimum atomic E-state index is 0.122. The summed E-state index contributed by atoms with van der Waals surface area (Å²) >= 11 is 2.24. The first-order valence-electron chi connectivity index (χ1n) is 5.84. The second-order valence-electron chi connectivity index (χ2n) is 5.23. The van der Waals surface area contributed by atoms with Gasteiger partial charge in [-0.1, -0.05) is 6.07 Å². The van der Waals surface area contributed by atoms with E-state index in [1.807, 2.05) is 24.7 Å². The Kier molecular flexibility index (Phi) is 4.01. The number of halogens is 1. The maximum Gasteiger partial charge on any atom is 0.153 e. The van der Waals surface area contributed by atoms with Crippen LogP contribution in [0.4, 0.5) is 0 Å². The summed E-state index contributed by atoms with van der Waals surface area (Å²) in [5, 5.41) is 7.67. The smallest absolute Gasteiger partial charge is 0.153 e. The summed E-state index contributed by atoms with van der Waals surface area (Å²) in [6.07, 6.45) is 5.66. The molecule has 0 spiro atoms. The predicted octanol–water partition coefficient (Wildman–Crippen LogP) is 2.76. The summed E-state index contributed by atoms with van der Waals surface area (Å²) in [7, 11) is 0. The van der Waals surface area contributed by atoms with E-state index >= 15 is 0 Å². The van der Waals surface area contributed by atoms with Gasteiger partial charge in [-0.3, -0.25) is 0 Å².